The van der Waals surface area contributed by atoms with Crippen LogP contribution in [0.2, 0.25) is 10.0 Å². The van der Waals surface area contributed by atoms with Crippen LogP contribution in [0.15, 0.2) is 18.2 Å². The molecule has 1 aromatic rings. The molecule has 1 saturated carbocycles. The van der Waals surface area contributed by atoms with E-state index in [1.54, 1.807) is 6.07 Å². The van der Waals surface area contributed by atoms with Crippen LogP contribution in [0.5, 0.6) is 0 Å². The highest BCUT2D eigenvalue weighted by Gasteiger charge is 2.38. The van der Waals surface area contributed by atoms with Crippen LogP contribution in [0.1, 0.15) is 31.2 Å². The van der Waals surface area contributed by atoms with E-state index >= 15 is 0 Å². The molecule has 0 spiro atoms. The van der Waals surface area contributed by atoms with Crippen molar-refractivity contribution in [3.8, 4) is 0 Å². The Balaban J connectivity index is 2.35. The summed E-state index contributed by atoms with van der Waals surface area (Å²) >= 11 is 12.4. The van der Waals surface area contributed by atoms with E-state index in [2.05, 4.69) is 36.4 Å². The highest BCUT2D eigenvalue weighted by molar-refractivity contribution is 6.34. The maximum Gasteiger partial charge on any atom is 0.0457 e. The smallest absolute Gasteiger partial charge is 0.0457 e. The Bertz CT molecular complexity index is 418. The summed E-state index contributed by atoms with van der Waals surface area (Å²) in [5.74, 6) is 0. The van der Waals surface area contributed by atoms with Gasteiger partial charge in [0, 0.05) is 21.6 Å². The monoisotopic (exact) mass is 300 g/mol. The molecule has 106 valence electrons. The Kier molecular flexibility index (Phi) is 4.78. The number of hydrogen-bond acceptors (Lipinski definition) is 2. The predicted octanol–water partition coefficient (Wildman–Crippen LogP) is 3.91. The molecule has 1 aromatic carbocycles. The minimum absolute atomic E-state index is 0.0574. The predicted molar refractivity (Wildman–Crippen MR) is 83.1 cm³/mol. The van der Waals surface area contributed by atoms with Gasteiger partial charge in [-0.15, -0.1) is 0 Å². The molecule has 2 nitrogen and oxygen atoms in total. The number of nitrogens with zero attached hydrogens (tertiary/aromatic N) is 1. The van der Waals surface area contributed by atoms with Crippen molar-refractivity contribution in [1.29, 1.82) is 0 Å². The summed E-state index contributed by atoms with van der Waals surface area (Å²) in [7, 11) is 6.34. The van der Waals surface area contributed by atoms with E-state index in [-0.39, 0.29) is 5.54 Å². The lowest BCUT2D eigenvalue weighted by Crippen LogP contribution is -2.47. The quantitative estimate of drug-likeness (QED) is 0.910. The first kappa shape index (κ1) is 15.1. The van der Waals surface area contributed by atoms with Gasteiger partial charge in [0.05, 0.1) is 0 Å². The summed E-state index contributed by atoms with van der Waals surface area (Å²) in [4.78, 5) is 2.32. The average Bonchev–Trinajstić information content (AvgIpc) is 2.37. The number of rotatable bonds is 3. The second kappa shape index (κ2) is 6.01. The van der Waals surface area contributed by atoms with Crippen molar-refractivity contribution in [1.82, 2.24) is 10.2 Å². The molecule has 4 heteroatoms. The molecule has 2 rings (SSSR count). The molecule has 1 aliphatic carbocycles. The Morgan fingerprint density at radius 1 is 1.11 bits per heavy atom. The van der Waals surface area contributed by atoms with Crippen LogP contribution in [0, 0.1) is 0 Å². The minimum atomic E-state index is 0.0574. The van der Waals surface area contributed by atoms with Crippen molar-refractivity contribution in [2.75, 3.05) is 21.1 Å². The molecular weight excluding hydrogens is 279 g/mol. The zero-order chi connectivity index (χ0) is 14.0. The van der Waals surface area contributed by atoms with Crippen LogP contribution in [-0.4, -0.2) is 32.1 Å². The number of benzene rings is 1. The van der Waals surface area contributed by atoms with Crippen molar-refractivity contribution in [3.63, 3.8) is 0 Å². The Labute approximate surface area is 126 Å². The molecular formula is C15H22Cl2N2. The molecule has 1 fully saturated rings. The van der Waals surface area contributed by atoms with Gasteiger partial charge in [-0.25, -0.2) is 0 Å². The molecule has 0 amide bonds. The zero-order valence-corrected chi connectivity index (χ0v) is 13.4. The van der Waals surface area contributed by atoms with Gasteiger partial charge in [0.1, 0.15) is 0 Å². The molecule has 0 saturated heterocycles. The van der Waals surface area contributed by atoms with Crippen molar-refractivity contribution < 1.29 is 0 Å². The number of hydrogen-bond donors (Lipinski definition) is 1. The summed E-state index contributed by atoms with van der Waals surface area (Å²) in [6.07, 6.45) is 4.61. The summed E-state index contributed by atoms with van der Waals surface area (Å²) in [6.45, 7) is 0. The first-order valence-electron chi connectivity index (χ1n) is 6.79. The Hall–Kier alpha value is -0.280. The molecule has 0 heterocycles. The van der Waals surface area contributed by atoms with Gasteiger partial charge in [0.15, 0.2) is 0 Å². The van der Waals surface area contributed by atoms with Crippen molar-refractivity contribution in [2.24, 2.45) is 0 Å². The third kappa shape index (κ3) is 3.08. The fraction of sp³-hybridized carbons (Fsp3) is 0.600. The summed E-state index contributed by atoms with van der Waals surface area (Å²) in [6, 6.07) is 6.55. The van der Waals surface area contributed by atoms with Crippen LogP contribution in [0.4, 0.5) is 0 Å². The molecule has 0 radical (unpaired) electrons. The van der Waals surface area contributed by atoms with Gasteiger partial charge < -0.3 is 5.32 Å². The lowest BCUT2D eigenvalue weighted by molar-refractivity contribution is 0.0870. The first-order chi connectivity index (χ1) is 8.98. The lowest BCUT2D eigenvalue weighted by atomic mass is 9.74. The van der Waals surface area contributed by atoms with Gasteiger partial charge in [0.25, 0.3) is 0 Å². The van der Waals surface area contributed by atoms with Crippen molar-refractivity contribution >= 4 is 23.2 Å². The van der Waals surface area contributed by atoms with E-state index in [1.807, 2.05) is 7.05 Å². The molecule has 0 aliphatic heterocycles. The molecule has 1 aliphatic rings. The average molecular weight is 301 g/mol. The van der Waals surface area contributed by atoms with Gasteiger partial charge in [0.2, 0.25) is 0 Å². The third-order valence-corrected chi connectivity index (χ3v) is 4.91. The highest BCUT2D eigenvalue weighted by Crippen LogP contribution is 2.42. The van der Waals surface area contributed by atoms with Crippen LogP contribution in [0.3, 0.4) is 0 Å². The van der Waals surface area contributed by atoms with Gasteiger partial charge in [-0.05, 0) is 70.6 Å². The lowest BCUT2D eigenvalue weighted by Gasteiger charge is -2.45. The Morgan fingerprint density at radius 2 is 1.63 bits per heavy atom. The number of nitrogens with one attached hydrogen (secondary N) is 1. The summed E-state index contributed by atoms with van der Waals surface area (Å²) < 4.78 is 0. The third-order valence-electron chi connectivity index (χ3n) is 4.48. The first-order valence-corrected chi connectivity index (χ1v) is 7.55. The van der Waals surface area contributed by atoms with E-state index in [0.717, 1.165) is 22.9 Å². The SMILES string of the molecule is CNC1CCC(c2cc(Cl)cc(Cl)c2)(N(C)C)CC1. The van der Waals surface area contributed by atoms with Crippen LogP contribution >= 0.6 is 23.2 Å². The molecule has 0 atom stereocenters. The number of halogens is 2. The van der Waals surface area contributed by atoms with E-state index in [4.69, 9.17) is 23.2 Å². The molecule has 19 heavy (non-hydrogen) atoms. The largest absolute Gasteiger partial charge is 0.317 e. The van der Waals surface area contributed by atoms with Gasteiger partial charge >= 0.3 is 0 Å². The van der Waals surface area contributed by atoms with Crippen LogP contribution in [0.25, 0.3) is 0 Å². The molecule has 0 bridgehead atoms. The standard InChI is InChI=1S/C15H22Cl2N2/c1-18-14-4-6-15(7-5-14,19(2)3)11-8-12(16)10-13(17)9-11/h8-10,14,18H,4-7H2,1-3H3. The molecule has 1 N–H and O–H groups in total. The molecule has 0 aromatic heterocycles. The summed E-state index contributed by atoms with van der Waals surface area (Å²) in [5, 5.41) is 4.83. The topological polar surface area (TPSA) is 15.3 Å². The fourth-order valence-electron chi connectivity index (χ4n) is 3.20. The van der Waals surface area contributed by atoms with Crippen molar-refractivity contribution in [3.05, 3.63) is 33.8 Å². The van der Waals surface area contributed by atoms with E-state index in [0.29, 0.717) is 6.04 Å². The zero-order valence-electron chi connectivity index (χ0n) is 11.8. The van der Waals surface area contributed by atoms with Gasteiger partial charge in [-0.1, -0.05) is 23.2 Å². The summed E-state index contributed by atoms with van der Waals surface area (Å²) in [5.41, 5.74) is 1.30. The van der Waals surface area contributed by atoms with E-state index in [1.165, 1.54) is 18.4 Å². The second-order valence-electron chi connectivity index (χ2n) is 5.65. The van der Waals surface area contributed by atoms with Crippen molar-refractivity contribution in [2.45, 2.75) is 37.3 Å². The minimum Gasteiger partial charge on any atom is -0.317 e. The maximum absolute atomic E-state index is 6.18. The second-order valence-corrected chi connectivity index (χ2v) is 6.52. The maximum atomic E-state index is 6.18. The fourth-order valence-corrected chi connectivity index (χ4v) is 3.73. The molecule has 0 unspecified atom stereocenters. The van der Waals surface area contributed by atoms with Gasteiger partial charge in [-0.2, -0.15) is 0 Å². The van der Waals surface area contributed by atoms with E-state index < -0.39 is 0 Å². The Morgan fingerprint density at radius 3 is 2.05 bits per heavy atom. The highest BCUT2D eigenvalue weighted by atomic mass is 35.5. The normalized spacial score (nSPS) is 27.8. The van der Waals surface area contributed by atoms with E-state index in [9.17, 15) is 0 Å². The van der Waals surface area contributed by atoms with Crippen LogP contribution in [-0.2, 0) is 5.54 Å². The van der Waals surface area contributed by atoms with Gasteiger partial charge in [-0.3, -0.25) is 4.90 Å². The van der Waals surface area contributed by atoms with Crippen LogP contribution < -0.4 is 5.32 Å².